The average molecular weight is 524 g/mol. The molecule has 4 unspecified atom stereocenters. The van der Waals surface area contributed by atoms with Gasteiger partial charge in [-0.15, -0.1) is 0 Å². The van der Waals surface area contributed by atoms with Gasteiger partial charge in [0.15, 0.2) is 5.78 Å². The molecule has 0 aromatic heterocycles. The van der Waals surface area contributed by atoms with E-state index in [0.29, 0.717) is 12.0 Å². The van der Waals surface area contributed by atoms with Gasteiger partial charge in [0.05, 0.1) is 12.2 Å². The van der Waals surface area contributed by atoms with E-state index in [9.17, 15) is 4.79 Å². The summed E-state index contributed by atoms with van der Waals surface area (Å²) in [7, 11) is 1.77. The van der Waals surface area contributed by atoms with Gasteiger partial charge in [0.1, 0.15) is 0 Å². The van der Waals surface area contributed by atoms with E-state index in [2.05, 4.69) is 26.8 Å². The van der Waals surface area contributed by atoms with Crippen LogP contribution in [0.5, 0.6) is 0 Å². The van der Waals surface area contributed by atoms with Crippen molar-refractivity contribution < 1.29 is 14.3 Å². The number of Topliss-reactive ketones (excluding diaryl/α,β-unsaturated/α-hetero) is 1. The number of methoxy groups -OCH3 is 1. The molecule has 5 heteroatoms. The van der Waals surface area contributed by atoms with E-state index < -0.39 is 0 Å². The lowest BCUT2D eigenvalue weighted by Gasteiger charge is -2.14. The first-order chi connectivity index (χ1) is 15.6. The molecule has 3 aliphatic rings. The van der Waals surface area contributed by atoms with E-state index in [4.69, 9.17) is 32.7 Å². The number of ether oxygens (including phenoxy) is 2. The van der Waals surface area contributed by atoms with Crippen LogP contribution in [-0.2, 0) is 22.3 Å². The van der Waals surface area contributed by atoms with Crippen molar-refractivity contribution in [2.75, 3.05) is 13.7 Å². The molecule has 2 aromatic carbocycles. The zero-order chi connectivity index (χ0) is 24.3. The summed E-state index contributed by atoms with van der Waals surface area (Å²) in [6.07, 6.45) is 5.13. The minimum absolute atomic E-state index is 0. The number of ketones is 1. The molecule has 196 valence electrons. The SMILES string of the molecule is C.C.CC1CCCO1.COC1c2cc(C)cc(Cl)c2CC1C.Cc1cc(Cl)c2c(c1)C(=O)C(C)C2. The third-order valence-corrected chi connectivity index (χ3v) is 7.37. The zero-order valence-electron chi connectivity index (χ0n) is 20.6. The first-order valence-corrected chi connectivity index (χ1v) is 12.6. The Morgan fingerprint density at radius 2 is 1.51 bits per heavy atom. The maximum Gasteiger partial charge on any atom is 0.166 e. The topological polar surface area (TPSA) is 35.5 Å². The molecule has 0 saturated carbocycles. The quantitative estimate of drug-likeness (QED) is 0.374. The van der Waals surface area contributed by atoms with Crippen LogP contribution in [0.25, 0.3) is 0 Å². The van der Waals surface area contributed by atoms with E-state index in [1.807, 2.05) is 32.0 Å². The van der Waals surface area contributed by atoms with Gasteiger partial charge in [0.2, 0.25) is 0 Å². The smallest absolute Gasteiger partial charge is 0.166 e. The summed E-state index contributed by atoms with van der Waals surface area (Å²) in [5.41, 5.74) is 6.69. The van der Waals surface area contributed by atoms with Crippen molar-refractivity contribution in [3.8, 4) is 0 Å². The maximum atomic E-state index is 11.6. The molecule has 35 heavy (non-hydrogen) atoms. The third kappa shape index (κ3) is 7.55. The Kier molecular flexibility index (Phi) is 12.5. The summed E-state index contributed by atoms with van der Waals surface area (Å²) in [5, 5.41) is 1.64. The molecule has 3 nitrogen and oxygen atoms in total. The molecule has 0 radical (unpaired) electrons. The zero-order valence-corrected chi connectivity index (χ0v) is 22.1. The van der Waals surface area contributed by atoms with Gasteiger partial charge in [0.25, 0.3) is 0 Å². The first-order valence-electron chi connectivity index (χ1n) is 11.9. The number of rotatable bonds is 1. The van der Waals surface area contributed by atoms with Crippen molar-refractivity contribution in [2.45, 2.75) is 87.4 Å². The molecule has 1 fully saturated rings. The number of hydrogen-bond donors (Lipinski definition) is 0. The number of carbonyl (C=O) groups excluding carboxylic acids is 1. The van der Waals surface area contributed by atoms with Gasteiger partial charge < -0.3 is 9.47 Å². The summed E-state index contributed by atoms with van der Waals surface area (Å²) in [5.74, 6) is 0.879. The van der Waals surface area contributed by atoms with Crippen LogP contribution in [-0.4, -0.2) is 25.6 Å². The highest BCUT2D eigenvalue weighted by atomic mass is 35.5. The van der Waals surface area contributed by atoms with Crippen LogP contribution in [0.3, 0.4) is 0 Å². The highest BCUT2D eigenvalue weighted by Gasteiger charge is 2.31. The van der Waals surface area contributed by atoms with Crippen molar-refractivity contribution in [1.82, 2.24) is 0 Å². The van der Waals surface area contributed by atoms with Crippen LogP contribution in [0.1, 0.15) is 92.7 Å². The van der Waals surface area contributed by atoms with E-state index in [1.54, 1.807) is 7.11 Å². The fourth-order valence-electron chi connectivity index (χ4n) is 4.97. The van der Waals surface area contributed by atoms with Crippen LogP contribution >= 0.6 is 23.2 Å². The monoisotopic (exact) mass is 522 g/mol. The molecule has 0 amide bonds. The summed E-state index contributed by atoms with van der Waals surface area (Å²) < 4.78 is 10.7. The van der Waals surface area contributed by atoms with E-state index in [-0.39, 0.29) is 32.7 Å². The lowest BCUT2D eigenvalue weighted by atomic mass is 10.0. The van der Waals surface area contributed by atoms with E-state index >= 15 is 0 Å². The highest BCUT2D eigenvalue weighted by molar-refractivity contribution is 6.32. The molecule has 0 bridgehead atoms. The molecule has 1 heterocycles. The van der Waals surface area contributed by atoms with Crippen LogP contribution in [0, 0.1) is 25.7 Å². The second-order valence-electron chi connectivity index (χ2n) is 9.72. The van der Waals surface area contributed by atoms with Crippen molar-refractivity contribution in [2.24, 2.45) is 11.8 Å². The summed E-state index contributed by atoms with van der Waals surface area (Å²) in [4.78, 5) is 11.6. The van der Waals surface area contributed by atoms with Crippen molar-refractivity contribution in [3.05, 3.63) is 67.7 Å². The van der Waals surface area contributed by atoms with Gasteiger partial charge >= 0.3 is 0 Å². The maximum absolute atomic E-state index is 11.6. The Morgan fingerprint density at radius 1 is 0.914 bits per heavy atom. The Labute approximate surface area is 223 Å². The molecule has 5 rings (SSSR count). The minimum atomic E-state index is 0. The lowest BCUT2D eigenvalue weighted by Crippen LogP contribution is -2.05. The largest absolute Gasteiger partial charge is 0.379 e. The van der Waals surface area contributed by atoms with Gasteiger partial charge in [-0.2, -0.15) is 0 Å². The Bertz CT molecular complexity index is 996. The van der Waals surface area contributed by atoms with Crippen molar-refractivity contribution >= 4 is 29.0 Å². The number of benzene rings is 2. The normalized spacial score (nSPS) is 23.6. The Hall–Kier alpha value is -1.39. The van der Waals surface area contributed by atoms with Gasteiger partial charge in [-0.25, -0.2) is 0 Å². The first kappa shape index (κ1) is 31.6. The second-order valence-corrected chi connectivity index (χ2v) is 10.5. The number of hydrogen-bond acceptors (Lipinski definition) is 3. The number of halogens is 2. The number of carbonyl (C=O) groups is 1. The lowest BCUT2D eigenvalue weighted by molar-refractivity contribution is 0.0695. The molecule has 1 saturated heterocycles. The molecule has 2 aromatic rings. The van der Waals surface area contributed by atoms with Gasteiger partial charge in [-0.05, 0) is 98.4 Å². The molecular weight excluding hydrogens is 479 g/mol. The number of aryl methyl sites for hydroxylation is 2. The van der Waals surface area contributed by atoms with Gasteiger partial charge in [-0.1, -0.05) is 58.0 Å². The summed E-state index contributed by atoms with van der Waals surface area (Å²) >= 11 is 12.3. The standard InChI is InChI=1S/C12H15ClO.C11H11ClO.C5H10O.2CH4/c1-7-4-10-9(11(13)5-7)6-8(2)12(10)14-3;1-6-3-9-8(10(12)4-6)5-7(2)11(9)13;1-5-3-2-4-6-5;;/h4-5,8,12H,6H2,1-3H3;3-4,7H,5H2,1-2H3;5H,2-4H2,1H3;2*1H4. The molecule has 1 aliphatic heterocycles. The van der Waals surface area contributed by atoms with Crippen LogP contribution in [0.2, 0.25) is 10.0 Å². The fourth-order valence-corrected chi connectivity index (χ4v) is 5.67. The molecule has 0 spiro atoms. The molecule has 0 N–H and O–H groups in total. The number of fused-ring (bicyclic) bond motifs is 2. The molecule has 2 aliphatic carbocycles. The van der Waals surface area contributed by atoms with Gasteiger partial charge in [0, 0.05) is 35.2 Å². The molecule has 4 atom stereocenters. The third-order valence-electron chi connectivity index (χ3n) is 6.70. The average Bonchev–Trinajstić information content (AvgIpc) is 3.42. The van der Waals surface area contributed by atoms with E-state index in [0.717, 1.165) is 46.2 Å². The van der Waals surface area contributed by atoms with Crippen molar-refractivity contribution in [3.63, 3.8) is 0 Å². The summed E-state index contributed by atoms with van der Waals surface area (Å²) in [6, 6.07) is 8.09. The minimum Gasteiger partial charge on any atom is -0.379 e. The Morgan fingerprint density at radius 3 is 2.03 bits per heavy atom. The highest BCUT2D eigenvalue weighted by Crippen LogP contribution is 2.41. The molecular formula is C30H44Cl2O3. The predicted octanol–water partition coefficient (Wildman–Crippen LogP) is 9.01. The van der Waals surface area contributed by atoms with Crippen molar-refractivity contribution in [1.29, 1.82) is 0 Å². The van der Waals surface area contributed by atoms with Crippen LogP contribution in [0.4, 0.5) is 0 Å². The van der Waals surface area contributed by atoms with Crippen LogP contribution < -0.4 is 0 Å². The van der Waals surface area contributed by atoms with Crippen LogP contribution in [0.15, 0.2) is 24.3 Å². The fraction of sp³-hybridized carbons (Fsp3) is 0.567. The predicted molar refractivity (Wildman–Crippen MR) is 150 cm³/mol. The van der Waals surface area contributed by atoms with Gasteiger partial charge in [-0.3, -0.25) is 4.79 Å². The Balaban J connectivity index is 0.000000273. The van der Waals surface area contributed by atoms with E-state index in [1.165, 1.54) is 29.5 Å². The summed E-state index contributed by atoms with van der Waals surface area (Å²) in [6.45, 7) is 11.3. The second kappa shape index (κ2) is 13.8.